The van der Waals surface area contributed by atoms with Gasteiger partial charge < -0.3 is 4.90 Å². The zero-order chi connectivity index (χ0) is 24.3. The molecule has 182 valence electrons. The van der Waals surface area contributed by atoms with E-state index in [-0.39, 0.29) is 22.6 Å². The van der Waals surface area contributed by atoms with Gasteiger partial charge in [-0.3, -0.25) is 4.90 Å². The Balaban J connectivity index is 1.52. The lowest BCUT2D eigenvalue weighted by atomic mass is 10.0. The van der Waals surface area contributed by atoms with Crippen molar-refractivity contribution in [2.24, 2.45) is 5.92 Å². The Hall–Kier alpha value is -2.85. The van der Waals surface area contributed by atoms with Gasteiger partial charge in [0.2, 0.25) is 0 Å². The normalized spacial score (nSPS) is 16.2. The molecule has 0 saturated carbocycles. The molecule has 1 aliphatic rings. The van der Waals surface area contributed by atoms with E-state index < -0.39 is 9.84 Å². The number of sulfone groups is 1. The monoisotopic (exact) mass is 486 g/mol. The molecule has 0 amide bonds. The Morgan fingerprint density at radius 1 is 0.971 bits per heavy atom. The van der Waals surface area contributed by atoms with Gasteiger partial charge in [-0.1, -0.05) is 31.5 Å². The number of nitrogens with zero attached hydrogens (tertiary/aromatic N) is 6. The van der Waals surface area contributed by atoms with E-state index in [1.54, 1.807) is 36.4 Å². The highest BCUT2D eigenvalue weighted by Crippen LogP contribution is 2.29. The topological polar surface area (TPSA) is 84.2 Å². The van der Waals surface area contributed by atoms with Crippen LogP contribution in [0.2, 0.25) is 0 Å². The summed E-state index contributed by atoms with van der Waals surface area (Å²) in [6, 6.07) is 13.3. The lowest BCUT2D eigenvalue weighted by Crippen LogP contribution is -2.48. The summed E-state index contributed by atoms with van der Waals surface area (Å²) in [5.74, 6) is 0.396. The molecular formula is C24H31FN6O2S. The molecule has 1 aliphatic heterocycles. The lowest BCUT2D eigenvalue weighted by Gasteiger charge is -2.40. The molecular weight excluding hydrogens is 455 g/mol. The quantitative estimate of drug-likeness (QED) is 0.482. The van der Waals surface area contributed by atoms with Gasteiger partial charge in [0.05, 0.1) is 10.9 Å². The molecule has 4 rings (SSSR count). The number of rotatable bonds is 8. The van der Waals surface area contributed by atoms with Crippen molar-refractivity contribution in [2.75, 3.05) is 31.1 Å². The minimum absolute atomic E-state index is 0.0985. The van der Waals surface area contributed by atoms with Crippen LogP contribution in [-0.4, -0.2) is 59.7 Å². The van der Waals surface area contributed by atoms with Gasteiger partial charge >= 0.3 is 0 Å². The predicted molar refractivity (Wildman–Crippen MR) is 129 cm³/mol. The Morgan fingerprint density at radius 2 is 1.62 bits per heavy atom. The van der Waals surface area contributed by atoms with Crippen LogP contribution in [0.4, 0.5) is 10.1 Å². The van der Waals surface area contributed by atoms with Crippen molar-refractivity contribution in [3.05, 3.63) is 65.7 Å². The van der Waals surface area contributed by atoms with Gasteiger partial charge in [0.1, 0.15) is 5.82 Å². The number of piperazine rings is 1. The first-order valence-electron chi connectivity index (χ1n) is 11.5. The summed E-state index contributed by atoms with van der Waals surface area (Å²) < 4.78 is 40.8. The molecule has 0 radical (unpaired) electrons. The lowest BCUT2D eigenvalue weighted by molar-refractivity contribution is 0.153. The van der Waals surface area contributed by atoms with Crippen LogP contribution < -0.4 is 4.90 Å². The summed E-state index contributed by atoms with van der Waals surface area (Å²) in [6.45, 7) is 9.30. The molecule has 2 heterocycles. The average molecular weight is 487 g/mol. The Kier molecular flexibility index (Phi) is 7.27. The Morgan fingerprint density at radius 3 is 2.24 bits per heavy atom. The second-order valence-electron chi connectivity index (χ2n) is 9.24. The van der Waals surface area contributed by atoms with E-state index in [1.807, 2.05) is 6.92 Å². The SMILES string of the molecule is Cc1ccc(S(=O)(=O)Cn2nnnc2[C@@H](CC(C)C)N2CCN(c3ccc(F)cc3)CC2)cc1. The van der Waals surface area contributed by atoms with Gasteiger partial charge in [-0.05, 0) is 66.1 Å². The van der Waals surface area contributed by atoms with Crippen LogP contribution in [0.1, 0.15) is 37.7 Å². The van der Waals surface area contributed by atoms with Crippen molar-refractivity contribution in [3.63, 3.8) is 0 Å². The zero-order valence-corrected chi connectivity index (χ0v) is 20.6. The maximum Gasteiger partial charge on any atom is 0.198 e. The van der Waals surface area contributed by atoms with Crippen molar-refractivity contribution in [1.82, 2.24) is 25.1 Å². The van der Waals surface area contributed by atoms with Gasteiger partial charge in [-0.25, -0.2) is 17.5 Å². The maximum atomic E-state index is 13.3. The highest BCUT2D eigenvalue weighted by atomic mass is 32.2. The molecule has 10 heteroatoms. The molecule has 1 saturated heterocycles. The van der Waals surface area contributed by atoms with Crippen LogP contribution in [0.15, 0.2) is 53.4 Å². The zero-order valence-electron chi connectivity index (χ0n) is 19.8. The second kappa shape index (κ2) is 10.2. The van der Waals surface area contributed by atoms with Gasteiger partial charge in [0.25, 0.3) is 0 Å². The highest BCUT2D eigenvalue weighted by molar-refractivity contribution is 7.90. The number of hydrogen-bond donors (Lipinski definition) is 0. The third-order valence-electron chi connectivity index (χ3n) is 6.17. The van der Waals surface area contributed by atoms with Crippen molar-refractivity contribution >= 4 is 15.5 Å². The smallest absolute Gasteiger partial charge is 0.198 e. The number of benzene rings is 2. The van der Waals surface area contributed by atoms with E-state index in [2.05, 4.69) is 39.2 Å². The van der Waals surface area contributed by atoms with Gasteiger partial charge in [-0.15, -0.1) is 5.10 Å². The average Bonchev–Trinajstić information content (AvgIpc) is 3.25. The number of anilines is 1. The predicted octanol–water partition coefficient (Wildman–Crippen LogP) is 3.46. The molecule has 1 fully saturated rings. The molecule has 0 unspecified atom stereocenters. The van der Waals surface area contributed by atoms with Crippen LogP contribution in [0, 0.1) is 18.7 Å². The number of aryl methyl sites for hydroxylation is 1. The largest absolute Gasteiger partial charge is 0.369 e. The molecule has 0 aliphatic carbocycles. The van der Waals surface area contributed by atoms with Crippen molar-refractivity contribution in [3.8, 4) is 0 Å². The Bertz CT molecular complexity index is 1190. The molecule has 0 bridgehead atoms. The number of tetrazole rings is 1. The van der Waals surface area contributed by atoms with Crippen LogP contribution in [0.3, 0.4) is 0 Å². The van der Waals surface area contributed by atoms with Crippen molar-refractivity contribution < 1.29 is 12.8 Å². The van der Waals surface area contributed by atoms with Crippen LogP contribution >= 0.6 is 0 Å². The third kappa shape index (κ3) is 5.61. The molecule has 0 spiro atoms. The fourth-order valence-corrected chi connectivity index (χ4v) is 5.54. The summed E-state index contributed by atoms with van der Waals surface area (Å²) in [5, 5.41) is 12.1. The summed E-state index contributed by atoms with van der Waals surface area (Å²) in [7, 11) is -3.60. The summed E-state index contributed by atoms with van der Waals surface area (Å²) in [5.41, 5.74) is 1.99. The molecule has 34 heavy (non-hydrogen) atoms. The molecule has 2 aromatic carbocycles. The molecule has 8 nitrogen and oxygen atoms in total. The van der Waals surface area contributed by atoms with E-state index in [9.17, 15) is 12.8 Å². The van der Waals surface area contributed by atoms with E-state index in [0.29, 0.717) is 11.7 Å². The van der Waals surface area contributed by atoms with Crippen molar-refractivity contribution in [2.45, 2.75) is 44.0 Å². The first-order valence-corrected chi connectivity index (χ1v) is 13.2. The molecule has 1 aromatic heterocycles. The number of halogens is 1. The summed E-state index contributed by atoms with van der Waals surface area (Å²) in [4.78, 5) is 4.81. The minimum atomic E-state index is -3.60. The van der Waals surface area contributed by atoms with Crippen LogP contribution in [0.25, 0.3) is 0 Å². The number of aromatic nitrogens is 4. The van der Waals surface area contributed by atoms with Gasteiger partial charge in [0, 0.05) is 31.9 Å². The van der Waals surface area contributed by atoms with Gasteiger partial charge in [-0.2, -0.15) is 0 Å². The highest BCUT2D eigenvalue weighted by Gasteiger charge is 2.31. The van der Waals surface area contributed by atoms with Gasteiger partial charge in [0.15, 0.2) is 21.5 Å². The summed E-state index contributed by atoms with van der Waals surface area (Å²) >= 11 is 0. The fourth-order valence-electron chi connectivity index (χ4n) is 4.33. The fraction of sp³-hybridized carbons (Fsp3) is 0.458. The van der Waals surface area contributed by atoms with Crippen molar-refractivity contribution in [1.29, 1.82) is 0 Å². The van der Waals surface area contributed by atoms with Crippen LogP contribution in [0.5, 0.6) is 0 Å². The third-order valence-corrected chi connectivity index (χ3v) is 7.75. The molecule has 3 aromatic rings. The Labute approximate surface area is 200 Å². The first kappa shape index (κ1) is 24.3. The second-order valence-corrected chi connectivity index (χ2v) is 11.2. The van der Waals surface area contributed by atoms with E-state index in [0.717, 1.165) is 43.9 Å². The molecule has 1 atom stereocenters. The standard InChI is InChI=1S/C24H31FN6O2S/c1-18(2)16-23(30-14-12-29(13-15-30)21-8-6-20(25)7-9-21)24-26-27-28-31(24)17-34(32,33)22-10-4-19(3)5-11-22/h4-11,18,23H,12-17H2,1-3H3/t23-/m1/s1. The molecule has 0 N–H and O–H groups in total. The van der Waals surface area contributed by atoms with Crippen LogP contribution in [-0.2, 0) is 15.7 Å². The van der Waals surface area contributed by atoms with E-state index >= 15 is 0 Å². The number of hydrogen-bond acceptors (Lipinski definition) is 7. The van der Waals surface area contributed by atoms with E-state index in [4.69, 9.17) is 0 Å². The minimum Gasteiger partial charge on any atom is -0.369 e. The van der Waals surface area contributed by atoms with E-state index in [1.165, 1.54) is 16.8 Å². The first-order chi connectivity index (χ1) is 16.2. The summed E-state index contributed by atoms with van der Waals surface area (Å²) in [6.07, 6.45) is 0.807. The maximum absolute atomic E-state index is 13.3.